The third-order valence-electron chi connectivity index (χ3n) is 4.00. The number of nitrogens with one attached hydrogen (secondary N) is 1. The van der Waals surface area contributed by atoms with E-state index >= 15 is 0 Å². The summed E-state index contributed by atoms with van der Waals surface area (Å²) in [6.45, 7) is 4.91. The number of carbonyl (C=O) groups excluding carboxylic acids is 1. The second kappa shape index (κ2) is 7.16. The molecule has 3 aromatic heterocycles. The molecule has 140 valence electrons. The van der Waals surface area contributed by atoms with Gasteiger partial charge >= 0.3 is 5.69 Å². The van der Waals surface area contributed by atoms with Crippen molar-refractivity contribution < 1.29 is 14.2 Å². The van der Waals surface area contributed by atoms with Gasteiger partial charge in [-0.2, -0.15) is 5.10 Å². The zero-order valence-electron chi connectivity index (χ0n) is 14.7. The second-order valence-electron chi connectivity index (χ2n) is 5.82. The summed E-state index contributed by atoms with van der Waals surface area (Å²) < 4.78 is 6.59. The predicted molar refractivity (Wildman–Crippen MR) is 95.9 cm³/mol. The number of aromatic nitrogens is 4. The number of amides is 1. The molecule has 0 aromatic carbocycles. The first-order valence-electron chi connectivity index (χ1n) is 7.84. The smallest absolute Gasteiger partial charge is 0.312 e. The van der Waals surface area contributed by atoms with Crippen molar-refractivity contribution in [3.8, 4) is 0 Å². The largest absolute Gasteiger partial charge is 0.361 e. The van der Waals surface area contributed by atoms with Gasteiger partial charge in [0.1, 0.15) is 23.0 Å². The summed E-state index contributed by atoms with van der Waals surface area (Å²) in [5.74, 6) is 0.199. The van der Waals surface area contributed by atoms with Gasteiger partial charge in [-0.25, -0.2) is 4.98 Å². The van der Waals surface area contributed by atoms with Crippen LogP contribution in [0.5, 0.6) is 0 Å². The van der Waals surface area contributed by atoms with Gasteiger partial charge in [0.15, 0.2) is 5.69 Å². The minimum atomic E-state index is -0.521. The highest BCUT2D eigenvalue weighted by Crippen LogP contribution is 2.24. The topological polar surface area (TPSA) is 129 Å². The summed E-state index contributed by atoms with van der Waals surface area (Å²) in [5.41, 5.74) is 1.15. The van der Waals surface area contributed by atoms with Gasteiger partial charge in [-0.1, -0.05) is 16.8 Å². The van der Waals surface area contributed by atoms with Crippen molar-refractivity contribution in [2.24, 2.45) is 0 Å². The monoisotopic (exact) mass is 390 g/mol. The van der Waals surface area contributed by atoms with E-state index in [1.54, 1.807) is 32.9 Å². The molecule has 3 rings (SSSR count). The van der Waals surface area contributed by atoms with Crippen LogP contribution in [0.15, 0.2) is 22.9 Å². The first-order valence-corrected chi connectivity index (χ1v) is 8.22. The fraction of sp³-hybridized carbons (Fsp3) is 0.250. The van der Waals surface area contributed by atoms with Crippen molar-refractivity contribution in [3.05, 3.63) is 61.9 Å². The van der Waals surface area contributed by atoms with Gasteiger partial charge in [-0.15, -0.1) is 0 Å². The Morgan fingerprint density at radius 2 is 2.11 bits per heavy atom. The highest BCUT2D eigenvalue weighted by molar-refractivity contribution is 6.30. The molecule has 1 amide bonds. The van der Waals surface area contributed by atoms with Gasteiger partial charge in [0.25, 0.3) is 5.91 Å². The lowest BCUT2D eigenvalue weighted by Crippen LogP contribution is -2.17. The van der Waals surface area contributed by atoms with Gasteiger partial charge in [0.2, 0.25) is 0 Å². The molecule has 0 aliphatic heterocycles. The van der Waals surface area contributed by atoms with Gasteiger partial charge < -0.3 is 9.84 Å². The Bertz CT molecular complexity index is 1020. The highest BCUT2D eigenvalue weighted by Gasteiger charge is 2.25. The normalized spacial score (nSPS) is 10.8. The number of rotatable bonds is 5. The molecule has 0 atom stereocenters. The van der Waals surface area contributed by atoms with Crippen molar-refractivity contribution in [1.82, 2.24) is 19.9 Å². The van der Waals surface area contributed by atoms with Crippen LogP contribution in [-0.2, 0) is 6.54 Å². The molecule has 0 spiro atoms. The number of carbonyl (C=O) groups is 1. The number of nitrogens with zero attached hydrogens (tertiary/aromatic N) is 5. The van der Waals surface area contributed by atoms with E-state index in [0.29, 0.717) is 33.6 Å². The van der Waals surface area contributed by atoms with Crippen molar-refractivity contribution >= 4 is 29.0 Å². The summed E-state index contributed by atoms with van der Waals surface area (Å²) in [6.07, 6.45) is 1.40. The van der Waals surface area contributed by atoms with Crippen molar-refractivity contribution in [2.75, 3.05) is 5.32 Å². The first kappa shape index (κ1) is 18.5. The number of halogens is 1. The standard InChI is InChI=1S/C16H15ClN6O4/c1-8-15(23(25)26)9(2)22(20-8)7-12-10(3)27-21-14(12)16(24)19-13-5-4-11(17)6-18-13/h4-6H,7H2,1-3H3,(H,18,19,24). The van der Waals surface area contributed by atoms with Crippen LogP contribution < -0.4 is 5.32 Å². The van der Waals surface area contributed by atoms with E-state index in [9.17, 15) is 14.9 Å². The van der Waals surface area contributed by atoms with Crippen LogP contribution in [0.1, 0.15) is 33.2 Å². The van der Waals surface area contributed by atoms with E-state index in [1.165, 1.54) is 10.9 Å². The quantitative estimate of drug-likeness (QED) is 0.523. The molecule has 3 heterocycles. The number of pyridine rings is 1. The van der Waals surface area contributed by atoms with Crippen LogP contribution in [0.2, 0.25) is 5.02 Å². The summed E-state index contributed by atoms with van der Waals surface area (Å²) in [4.78, 5) is 27.2. The Hall–Kier alpha value is -3.27. The molecule has 0 radical (unpaired) electrons. The van der Waals surface area contributed by atoms with Crippen LogP contribution >= 0.6 is 11.6 Å². The minimum Gasteiger partial charge on any atom is -0.361 e. The predicted octanol–water partition coefficient (Wildman–Crippen LogP) is 3.05. The molecule has 0 unspecified atom stereocenters. The van der Waals surface area contributed by atoms with Gasteiger partial charge in [0, 0.05) is 11.8 Å². The van der Waals surface area contributed by atoms with Gasteiger partial charge in [-0.3, -0.25) is 19.6 Å². The molecule has 0 saturated heterocycles. The molecule has 0 aliphatic rings. The lowest BCUT2D eigenvalue weighted by atomic mass is 10.2. The number of nitro groups is 1. The molecule has 1 N–H and O–H groups in total. The maximum Gasteiger partial charge on any atom is 0.312 e. The zero-order valence-corrected chi connectivity index (χ0v) is 15.4. The molecule has 0 fully saturated rings. The molecule has 0 saturated carbocycles. The highest BCUT2D eigenvalue weighted by atomic mass is 35.5. The van der Waals surface area contributed by atoms with E-state index in [2.05, 4.69) is 20.6 Å². The maximum atomic E-state index is 12.5. The Balaban J connectivity index is 1.89. The molecular formula is C16H15ClN6O4. The first-order chi connectivity index (χ1) is 12.8. The zero-order chi connectivity index (χ0) is 19.7. The molecule has 0 aliphatic carbocycles. The second-order valence-corrected chi connectivity index (χ2v) is 6.25. The molecule has 10 nitrogen and oxygen atoms in total. The average molecular weight is 391 g/mol. The SMILES string of the molecule is Cc1nn(Cc2c(C(=O)Nc3ccc(Cl)cn3)noc2C)c(C)c1[N+](=O)[O-]. The van der Waals surface area contributed by atoms with Crippen LogP contribution in [0.3, 0.4) is 0 Å². The van der Waals surface area contributed by atoms with E-state index in [-0.39, 0.29) is 17.9 Å². The van der Waals surface area contributed by atoms with E-state index < -0.39 is 10.8 Å². The fourth-order valence-electron chi connectivity index (χ4n) is 2.64. The third-order valence-corrected chi connectivity index (χ3v) is 4.23. The van der Waals surface area contributed by atoms with E-state index in [0.717, 1.165) is 0 Å². The summed E-state index contributed by atoms with van der Waals surface area (Å²) in [7, 11) is 0. The number of aryl methyl sites for hydroxylation is 2. The maximum absolute atomic E-state index is 12.5. The Morgan fingerprint density at radius 3 is 2.70 bits per heavy atom. The van der Waals surface area contributed by atoms with Crippen LogP contribution in [-0.4, -0.2) is 30.8 Å². The van der Waals surface area contributed by atoms with Gasteiger partial charge in [0.05, 0.1) is 16.5 Å². The Kier molecular flexibility index (Phi) is 4.91. The lowest BCUT2D eigenvalue weighted by molar-refractivity contribution is -0.386. The summed E-state index contributed by atoms with van der Waals surface area (Å²) in [6, 6.07) is 3.14. The van der Waals surface area contributed by atoms with Crippen LogP contribution in [0.4, 0.5) is 11.5 Å². The summed E-state index contributed by atoms with van der Waals surface area (Å²) in [5, 5.41) is 22.2. The molecular weight excluding hydrogens is 376 g/mol. The Morgan fingerprint density at radius 1 is 1.37 bits per heavy atom. The minimum absolute atomic E-state index is 0.0551. The number of hydrogen-bond donors (Lipinski definition) is 1. The van der Waals surface area contributed by atoms with Gasteiger partial charge in [-0.05, 0) is 32.9 Å². The Labute approximate surface area is 158 Å². The average Bonchev–Trinajstić information content (AvgIpc) is 3.10. The molecule has 0 bridgehead atoms. The molecule has 3 aromatic rings. The van der Waals surface area contributed by atoms with E-state index in [1.807, 2.05) is 0 Å². The van der Waals surface area contributed by atoms with Crippen LogP contribution in [0.25, 0.3) is 0 Å². The van der Waals surface area contributed by atoms with Crippen molar-refractivity contribution in [3.63, 3.8) is 0 Å². The lowest BCUT2D eigenvalue weighted by Gasteiger charge is -2.06. The van der Waals surface area contributed by atoms with E-state index in [4.69, 9.17) is 16.1 Å². The van der Waals surface area contributed by atoms with Crippen molar-refractivity contribution in [1.29, 1.82) is 0 Å². The van der Waals surface area contributed by atoms with Crippen LogP contribution in [0, 0.1) is 30.9 Å². The molecule has 11 heteroatoms. The third kappa shape index (κ3) is 3.65. The van der Waals surface area contributed by atoms with Crippen molar-refractivity contribution in [2.45, 2.75) is 27.3 Å². The molecule has 27 heavy (non-hydrogen) atoms. The number of anilines is 1. The fourth-order valence-corrected chi connectivity index (χ4v) is 2.75. The summed E-state index contributed by atoms with van der Waals surface area (Å²) >= 11 is 5.78. The number of hydrogen-bond acceptors (Lipinski definition) is 7.